The third-order valence-electron chi connectivity index (χ3n) is 4.86. The van der Waals surface area contributed by atoms with E-state index in [9.17, 15) is 14.7 Å². The van der Waals surface area contributed by atoms with Crippen molar-refractivity contribution in [2.45, 2.75) is 32.8 Å². The normalized spacial score (nSPS) is 13.6. The van der Waals surface area contributed by atoms with Crippen molar-refractivity contribution in [2.75, 3.05) is 27.4 Å². The lowest BCUT2D eigenvalue weighted by Gasteiger charge is -2.24. The number of phenols is 1. The van der Waals surface area contributed by atoms with Crippen LogP contribution in [0.1, 0.15) is 44.7 Å². The number of carbonyl (C=O) groups is 2. The molecule has 3 rings (SSSR count). The molecule has 1 fully saturated rings. The van der Waals surface area contributed by atoms with Gasteiger partial charge < -0.3 is 24.1 Å². The summed E-state index contributed by atoms with van der Waals surface area (Å²) in [4.78, 5) is 22.6. The lowest BCUT2D eigenvalue weighted by molar-refractivity contribution is 0.0251. The molecule has 0 aliphatic carbocycles. The Balaban J connectivity index is 0.000000232. The van der Waals surface area contributed by atoms with Crippen LogP contribution in [-0.2, 0) is 14.2 Å². The van der Waals surface area contributed by atoms with Crippen LogP contribution in [0.2, 0.25) is 0 Å². The summed E-state index contributed by atoms with van der Waals surface area (Å²) in [6.07, 6.45) is 1.95. The number of phenolic OH excluding ortho intramolecular Hbond substituents is 1. The molecular formula is C23H28O7. The van der Waals surface area contributed by atoms with E-state index < -0.39 is 5.97 Å². The minimum absolute atomic E-state index is 0.109. The maximum absolute atomic E-state index is 11.6. The van der Waals surface area contributed by atoms with E-state index in [2.05, 4.69) is 4.74 Å². The predicted octanol–water partition coefficient (Wildman–Crippen LogP) is 3.83. The maximum atomic E-state index is 11.6. The second kappa shape index (κ2) is 11.2. The number of rotatable bonds is 4. The fourth-order valence-corrected chi connectivity index (χ4v) is 3.00. The lowest BCUT2D eigenvalue weighted by atomic mass is 10.1. The zero-order valence-electron chi connectivity index (χ0n) is 17.8. The molecule has 7 heteroatoms. The number of hydrogen-bond acceptors (Lipinski definition) is 7. The Kier molecular flexibility index (Phi) is 8.68. The largest absolute Gasteiger partial charge is 0.508 e. The third kappa shape index (κ3) is 5.97. The zero-order chi connectivity index (χ0) is 22.1. The van der Waals surface area contributed by atoms with Crippen molar-refractivity contribution in [3.8, 4) is 11.5 Å². The molecule has 0 unspecified atom stereocenters. The minimum atomic E-state index is -0.427. The fraction of sp³-hybridized carbons (Fsp3) is 0.391. The van der Waals surface area contributed by atoms with Gasteiger partial charge in [-0.15, -0.1) is 0 Å². The third-order valence-corrected chi connectivity index (χ3v) is 4.86. The number of aromatic hydroxyl groups is 1. The molecule has 0 radical (unpaired) electrons. The van der Waals surface area contributed by atoms with E-state index in [0.717, 1.165) is 37.4 Å². The van der Waals surface area contributed by atoms with Crippen LogP contribution < -0.4 is 4.74 Å². The second-order valence-corrected chi connectivity index (χ2v) is 6.79. The molecule has 0 saturated carbocycles. The van der Waals surface area contributed by atoms with E-state index in [0.29, 0.717) is 16.7 Å². The Labute approximate surface area is 176 Å². The van der Waals surface area contributed by atoms with Gasteiger partial charge in [-0.2, -0.15) is 0 Å². The Morgan fingerprint density at radius 1 is 0.900 bits per heavy atom. The first-order chi connectivity index (χ1) is 14.4. The van der Waals surface area contributed by atoms with E-state index in [1.165, 1.54) is 20.3 Å². The number of benzene rings is 2. The maximum Gasteiger partial charge on any atom is 0.338 e. The van der Waals surface area contributed by atoms with Gasteiger partial charge >= 0.3 is 11.9 Å². The number of methoxy groups -OCH3 is 2. The molecule has 30 heavy (non-hydrogen) atoms. The summed E-state index contributed by atoms with van der Waals surface area (Å²) < 4.78 is 20.5. The SMILES string of the molecule is COC(=O)c1cccc(O)c1C.COC(=O)c1cccc(OC2CCOCC2)c1C. The zero-order valence-corrected chi connectivity index (χ0v) is 17.8. The number of esters is 2. The van der Waals surface area contributed by atoms with Gasteiger partial charge in [-0.1, -0.05) is 12.1 Å². The van der Waals surface area contributed by atoms with Crippen LogP contribution in [0.15, 0.2) is 36.4 Å². The summed E-state index contributed by atoms with van der Waals surface area (Å²) in [6, 6.07) is 10.2. The molecule has 0 amide bonds. The smallest absolute Gasteiger partial charge is 0.338 e. The van der Waals surface area contributed by atoms with Crippen LogP contribution in [0.5, 0.6) is 11.5 Å². The Morgan fingerprint density at radius 2 is 1.43 bits per heavy atom. The van der Waals surface area contributed by atoms with Gasteiger partial charge in [0.1, 0.15) is 17.6 Å². The van der Waals surface area contributed by atoms with Gasteiger partial charge in [0, 0.05) is 24.0 Å². The van der Waals surface area contributed by atoms with Crippen LogP contribution in [0.4, 0.5) is 0 Å². The molecule has 1 N–H and O–H groups in total. The summed E-state index contributed by atoms with van der Waals surface area (Å²) in [7, 11) is 2.69. The molecule has 7 nitrogen and oxygen atoms in total. The molecule has 1 aliphatic rings. The topological polar surface area (TPSA) is 91.3 Å². The second-order valence-electron chi connectivity index (χ2n) is 6.79. The van der Waals surface area contributed by atoms with E-state index in [1.54, 1.807) is 25.1 Å². The highest BCUT2D eigenvalue weighted by Crippen LogP contribution is 2.25. The van der Waals surface area contributed by atoms with Gasteiger partial charge in [0.15, 0.2) is 0 Å². The van der Waals surface area contributed by atoms with Gasteiger partial charge in [-0.25, -0.2) is 9.59 Å². The highest BCUT2D eigenvalue weighted by atomic mass is 16.5. The van der Waals surface area contributed by atoms with Crippen molar-refractivity contribution >= 4 is 11.9 Å². The number of carbonyl (C=O) groups excluding carboxylic acids is 2. The summed E-state index contributed by atoms with van der Waals surface area (Å²) in [5, 5.41) is 9.24. The van der Waals surface area contributed by atoms with E-state index >= 15 is 0 Å². The Hall–Kier alpha value is -3.06. The van der Waals surface area contributed by atoms with Gasteiger partial charge in [-0.05, 0) is 38.1 Å². The summed E-state index contributed by atoms with van der Waals surface area (Å²) in [5.74, 6) is 0.107. The van der Waals surface area contributed by atoms with Crippen LogP contribution in [0.3, 0.4) is 0 Å². The van der Waals surface area contributed by atoms with Crippen LogP contribution in [0, 0.1) is 13.8 Å². The standard InChI is InChI=1S/C14H18O4.C9H10O3/c1-10-12(14(15)16-2)4-3-5-13(10)18-11-6-8-17-9-7-11;1-6-7(9(11)12-2)4-3-5-8(6)10/h3-5,11H,6-9H2,1-2H3;3-5,10H,1-2H3. The highest BCUT2D eigenvalue weighted by molar-refractivity contribution is 5.92. The van der Waals surface area contributed by atoms with E-state index in [-0.39, 0.29) is 17.8 Å². The predicted molar refractivity (Wildman–Crippen MR) is 111 cm³/mol. The molecule has 0 bridgehead atoms. The minimum Gasteiger partial charge on any atom is -0.508 e. The highest BCUT2D eigenvalue weighted by Gasteiger charge is 2.18. The number of ether oxygens (including phenoxy) is 4. The summed E-state index contributed by atoms with van der Waals surface area (Å²) >= 11 is 0. The fourth-order valence-electron chi connectivity index (χ4n) is 3.00. The van der Waals surface area contributed by atoms with Crippen LogP contribution in [-0.4, -0.2) is 50.6 Å². The molecule has 0 aromatic heterocycles. The Bertz CT molecular complexity index is 870. The summed E-state index contributed by atoms with van der Waals surface area (Å²) in [6.45, 7) is 5.02. The lowest BCUT2D eigenvalue weighted by Crippen LogP contribution is -2.26. The first-order valence-corrected chi connectivity index (χ1v) is 9.68. The average Bonchev–Trinajstić information content (AvgIpc) is 2.77. The molecule has 0 spiro atoms. The average molecular weight is 416 g/mol. The van der Waals surface area contributed by atoms with Gasteiger partial charge in [0.05, 0.1) is 38.6 Å². The van der Waals surface area contributed by atoms with Crippen molar-refractivity contribution in [1.82, 2.24) is 0 Å². The molecule has 162 valence electrons. The molecular weight excluding hydrogens is 388 g/mol. The molecule has 2 aromatic carbocycles. The Morgan fingerprint density at radius 3 is 2.00 bits per heavy atom. The van der Waals surface area contributed by atoms with Crippen molar-refractivity contribution in [1.29, 1.82) is 0 Å². The molecule has 1 saturated heterocycles. The molecule has 2 aromatic rings. The summed E-state index contributed by atoms with van der Waals surface area (Å²) in [5.41, 5.74) is 2.33. The van der Waals surface area contributed by atoms with Crippen molar-refractivity contribution in [2.24, 2.45) is 0 Å². The van der Waals surface area contributed by atoms with E-state index in [4.69, 9.17) is 14.2 Å². The number of hydrogen-bond donors (Lipinski definition) is 1. The van der Waals surface area contributed by atoms with Crippen molar-refractivity contribution < 1.29 is 33.6 Å². The first kappa shape index (κ1) is 23.2. The van der Waals surface area contributed by atoms with Gasteiger partial charge in [-0.3, -0.25) is 0 Å². The molecule has 1 heterocycles. The van der Waals surface area contributed by atoms with Gasteiger partial charge in [0.25, 0.3) is 0 Å². The van der Waals surface area contributed by atoms with Crippen LogP contribution in [0.25, 0.3) is 0 Å². The quantitative estimate of drug-likeness (QED) is 0.758. The van der Waals surface area contributed by atoms with Crippen molar-refractivity contribution in [3.05, 3.63) is 58.7 Å². The molecule has 0 atom stereocenters. The van der Waals surface area contributed by atoms with Crippen molar-refractivity contribution in [3.63, 3.8) is 0 Å². The van der Waals surface area contributed by atoms with Gasteiger partial charge in [0.2, 0.25) is 0 Å². The van der Waals surface area contributed by atoms with Crippen LogP contribution >= 0.6 is 0 Å². The first-order valence-electron chi connectivity index (χ1n) is 9.68. The monoisotopic (exact) mass is 416 g/mol. The molecule has 1 aliphatic heterocycles. The van der Waals surface area contributed by atoms with E-state index in [1.807, 2.05) is 19.1 Å².